The van der Waals surface area contributed by atoms with E-state index in [4.69, 9.17) is 18.5 Å². The minimum atomic E-state index is -4.63. The molecule has 0 spiro atoms. The number of quaternary nitrogens is 1. The first kappa shape index (κ1) is 55.5. The van der Waals surface area contributed by atoms with E-state index in [1.54, 1.807) is 0 Å². The van der Waals surface area contributed by atoms with Gasteiger partial charge in [-0.3, -0.25) is 14.2 Å². The maximum Gasteiger partial charge on any atom is 0.306 e. The Morgan fingerprint density at radius 3 is 1.47 bits per heavy atom. The highest BCUT2D eigenvalue weighted by molar-refractivity contribution is 7.45. The molecule has 10 heteroatoms. The summed E-state index contributed by atoms with van der Waals surface area (Å²) in [6, 6.07) is 0. The minimum Gasteiger partial charge on any atom is -0.756 e. The number of hydrogen-bond donors (Lipinski definition) is 0. The molecule has 0 fully saturated rings. The first-order valence-electron chi connectivity index (χ1n) is 22.6. The van der Waals surface area contributed by atoms with E-state index in [0.29, 0.717) is 17.4 Å². The molecule has 2 unspecified atom stereocenters. The van der Waals surface area contributed by atoms with Crippen molar-refractivity contribution in [2.75, 3.05) is 47.5 Å². The Labute approximate surface area is 355 Å². The predicted octanol–water partition coefficient (Wildman–Crippen LogP) is 12.4. The van der Waals surface area contributed by atoms with E-state index in [0.717, 1.165) is 96.3 Å². The average molecular weight is 834 g/mol. The summed E-state index contributed by atoms with van der Waals surface area (Å²) in [5, 5.41) is 0. The molecule has 334 valence electrons. The second-order valence-electron chi connectivity index (χ2n) is 16.0. The molecule has 0 bridgehead atoms. The largest absolute Gasteiger partial charge is 0.756 e. The van der Waals surface area contributed by atoms with Crippen molar-refractivity contribution in [2.24, 2.45) is 0 Å². The quantitative estimate of drug-likeness (QED) is 0.0197. The standard InChI is InChI=1S/C48H84NO8P/c1-6-8-10-12-14-16-17-18-19-20-21-22-23-24-25-26-27-28-29-30-31-33-35-37-39-41-48(51)57-46(45-56-58(52,53)55-43-42-49(3,4)5)44-54-47(50)40-38-36-34-32-15-13-11-9-7-2/h8,10,14,16,18-19,21-22,24-25,27-28,46H,6-7,9,11-13,15,17,20,23,26,29-45H2,1-5H3/b10-8-,16-14-,19-18-,22-21-,25-24-,28-27-. The maximum absolute atomic E-state index is 12.7. The number of carbonyl (C=O) groups is 2. The molecule has 0 rings (SSSR count). The normalized spacial score (nSPS) is 14.2. The third-order valence-corrected chi connectivity index (χ3v) is 10.2. The summed E-state index contributed by atoms with van der Waals surface area (Å²) in [4.78, 5) is 37.4. The molecule has 2 atom stereocenters. The Kier molecular flexibility index (Phi) is 38.1. The van der Waals surface area contributed by atoms with Gasteiger partial charge in [-0.15, -0.1) is 0 Å². The monoisotopic (exact) mass is 834 g/mol. The Morgan fingerprint density at radius 1 is 0.552 bits per heavy atom. The van der Waals surface area contributed by atoms with Crippen molar-refractivity contribution >= 4 is 19.8 Å². The minimum absolute atomic E-state index is 0.0367. The molecule has 9 nitrogen and oxygen atoms in total. The van der Waals surface area contributed by atoms with Gasteiger partial charge in [0.15, 0.2) is 6.10 Å². The van der Waals surface area contributed by atoms with Crippen LogP contribution in [0.4, 0.5) is 0 Å². The van der Waals surface area contributed by atoms with Crippen molar-refractivity contribution < 1.29 is 42.1 Å². The van der Waals surface area contributed by atoms with Crippen molar-refractivity contribution in [1.82, 2.24) is 0 Å². The number of unbranched alkanes of at least 4 members (excludes halogenated alkanes) is 14. The summed E-state index contributed by atoms with van der Waals surface area (Å²) in [6.07, 6.45) is 49.4. The summed E-state index contributed by atoms with van der Waals surface area (Å²) in [7, 11) is 1.14. The van der Waals surface area contributed by atoms with E-state index in [1.807, 2.05) is 21.1 Å². The van der Waals surface area contributed by atoms with Crippen LogP contribution in [-0.4, -0.2) is 70.0 Å². The van der Waals surface area contributed by atoms with Crippen LogP contribution in [-0.2, 0) is 32.7 Å². The summed E-state index contributed by atoms with van der Waals surface area (Å²) >= 11 is 0. The van der Waals surface area contributed by atoms with Gasteiger partial charge in [0.25, 0.3) is 7.82 Å². The summed E-state index contributed by atoms with van der Waals surface area (Å²) in [5.41, 5.74) is 0. The molecule has 0 amide bonds. The van der Waals surface area contributed by atoms with Crippen molar-refractivity contribution in [3.8, 4) is 0 Å². The highest BCUT2D eigenvalue weighted by Crippen LogP contribution is 2.38. The molecule has 0 saturated heterocycles. The number of rotatable bonds is 40. The zero-order valence-corrected chi connectivity index (χ0v) is 38.4. The van der Waals surface area contributed by atoms with E-state index >= 15 is 0 Å². The Morgan fingerprint density at radius 2 is 0.983 bits per heavy atom. The highest BCUT2D eigenvalue weighted by atomic mass is 31.2. The van der Waals surface area contributed by atoms with Crippen molar-refractivity contribution in [3.05, 3.63) is 72.9 Å². The van der Waals surface area contributed by atoms with Gasteiger partial charge in [0.2, 0.25) is 0 Å². The molecule has 0 aliphatic carbocycles. The molecule has 0 N–H and O–H groups in total. The number of ether oxygens (including phenoxy) is 2. The molecule has 0 aromatic carbocycles. The molecule has 0 aliphatic heterocycles. The Bertz CT molecular complexity index is 1220. The van der Waals surface area contributed by atoms with Crippen LogP contribution in [0.5, 0.6) is 0 Å². The number of likely N-dealkylation sites (N-methyl/N-ethyl adjacent to an activating group) is 1. The van der Waals surface area contributed by atoms with Gasteiger partial charge in [0.05, 0.1) is 27.7 Å². The van der Waals surface area contributed by atoms with Gasteiger partial charge in [0.1, 0.15) is 19.8 Å². The number of hydrogen-bond acceptors (Lipinski definition) is 8. The van der Waals surface area contributed by atoms with E-state index in [2.05, 4.69) is 86.8 Å². The predicted molar refractivity (Wildman–Crippen MR) is 240 cm³/mol. The zero-order valence-electron chi connectivity index (χ0n) is 37.5. The van der Waals surface area contributed by atoms with E-state index in [9.17, 15) is 19.0 Å². The van der Waals surface area contributed by atoms with Gasteiger partial charge in [-0.05, 0) is 64.2 Å². The van der Waals surface area contributed by atoms with Crippen LogP contribution in [0.1, 0.15) is 168 Å². The Hall–Kier alpha value is -2.55. The third kappa shape index (κ3) is 43.0. The lowest BCUT2D eigenvalue weighted by atomic mass is 10.1. The molecule has 0 aromatic heterocycles. The second kappa shape index (κ2) is 39.9. The van der Waals surface area contributed by atoms with Gasteiger partial charge in [0, 0.05) is 12.8 Å². The van der Waals surface area contributed by atoms with Gasteiger partial charge in [-0.2, -0.15) is 0 Å². The van der Waals surface area contributed by atoms with Crippen LogP contribution in [0.2, 0.25) is 0 Å². The number of carbonyl (C=O) groups excluding carboxylic acids is 2. The molecule has 58 heavy (non-hydrogen) atoms. The fourth-order valence-corrected chi connectivity index (χ4v) is 6.44. The average Bonchev–Trinajstić information content (AvgIpc) is 3.17. The van der Waals surface area contributed by atoms with E-state index < -0.39 is 32.5 Å². The fourth-order valence-electron chi connectivity index (χ4n) is 5.72. The molecule has 0 aliphatic rings. The molecule has 0 heterocycles. The van der Waals surface area contributed by atoms with Crippen LogP contribution in [0.25, 0.3) is 0 Å². The lowest BCUT2D eigenvalue weighted by Crippen LogP contribution is -2.37. The Balaban J connectivity index is 4.29. The first-order valence-corrected chi connectivity index (χ1v) is 24.1. The molecular formula is C48H84NO8P. The summed E-state index contributed by atoms with van der Waals surface area (Å²) < 4.78 is 33.8. The fraction of sp³-hybridized carbons (Fsp3) is 0.708. The first-order chi connectivity index (χ1) is 28.0. The number of allylic oxidation sites excluding steroid dienone is 12. The SMILES string of the molecule is CC/C=C\C/C=C\C/C=C\C/C=C\C/C=C\C/C=C\CCCCCCCCC(=O)OC(COC(=O)CCCCCCCCCCC)COP(=O)([O-])OCC[N+](C)(C)C. The summed E-state index contributed by atoms with van der Waals surface area (Å²) in [5.74, 6) is -0.859. The number of phosphoric ester groups is 1. The molecule has 0 aromatic rings. The molecule has 0 saturated carbocycles. The van der Waals surface area contributed by atoms with Crippen molar-refractivity contribution in [3.63, 3.8) is 0 Å². The van der Waals surface area contributed by atoms with Crippen molar-refractivity contribution in [1.29, 1.82) is 0 Å². The van der Waals surface area contributed by atoms with Crippen LogP contribution < -0.4 is 4.89 Å². The maximum atomic E-state index is 12.7. The zero-order chi connectivity index (χ0) is 42.8. The van der Waals surface area contributed by atoms with Crippen LogP contribution in [0.3, 0.4) is 0 Å². The number of nitrogens with zero attached hydrogens (tertiary/aromatic N) is 1. The van der Waals surface area contributed by atoms with Gasteiger partial charge >= 0.3 is 11.9 Å². The molecular weight excluding hydrogens is 750 g/mol. The molecule has 0 radical (unpaired) electrons. The third-order valence-electron chi connectivity index (χ3n) is 9.24. The van der Waals surface area contributed by atoms with Gasteiger partial charge < -0.3 is 27.9 Å². The lowest BCUT2D eigenvalue weighted by Gasteiger charge is -2.28. The number of phosphoric acid groups is 1. The van der Waals surface area contributed by atoms with Crippen LogP contribution in [0, 0.1) is 0 Å². The smallest absolute Gasteiger partial charge is 0.306 e. The van der Waals surface area contributed by atoms with Gasteiger partial charge in [-0.25, -0.2) is 0 Å². The highest BCUT2D eigenvalue weighted by Gasteiger charge is 2.21. The van der Waals surface area contributed by atoms with Crippen molar-refractivity contribution in [2.45, 2.75) is 174 Å². The van der Waals surface area contributed by atoms with E-state index in [1.165, 1.54) is 38.5 Å². The van der Waals surface area contributed by atoms with E-state index in [-0.39, 0.29) is 26.1 Å². The second-order valence-corrected chi connectivity index (χ2v) is 17.4. The van der Waals surface area contributed by atoms with Crippen LogP contribution >= 0.6 is 7.82 Å². The number of esters is 2. The topological polar surface area (TPSA) is 111 Å². The van der Waals surface area contributed by atoms with Crippen LogP contribution in [0.15, 0.2) is 72.9 Å². The summed E-state index contributed by atoms with van der Waals surface area (Å²) in [6.45, 7) is 4.05. The van der Waals surface area contributed by atoms with Gasteiger partial charge in [-0.1, -0.05) is 164 Å². The lowest BCUT2D eigenvalue weighted by molar-refractivity contribution is -0.870.